The molecule has 2 N–H and O–H groups in total. The van der Waals surface area contributed by atoms with Gasteiger partial charge in [0.05, 0.1) is 6.61 Å². The second-order valence-electron chi connectivity index (χ2n) is 5.52. The molecule has 1 heterocycles. The van der Waals surface area contributed by atoms with Gasteiger partial charge in [0.25, 0.3) is 0 Å². The highest BCUT2D eigenvalue weighted by Crippen LogP contribution is 2.17. The van der Waals surface area contributed by atoms with E-state index in [9.17, 15) is 0 Å². The maximum absolute atomic E-state index is 5.17. The largest absolute Gasteiger partial charge is 0.380 e. The summed E-state index contributed by atoms with van der Waals surface area (Å²) in [5.41, 5.74) is 3.76. The van der Waals surface area contributed by atoms with Gasteiger partial charge in [0, 0.05) is 27.2 Å². The number of thiophene rings is 1. The van der Waals surface area contributed by atoms with Gasteiger partial charge in [-0.3, -0.25) is 4.99 Å². The Balaban J connectivity index is 1.82. The second-order valence-corrected chi connectivity index (χ2v) is 6.30. The number of hydrogen-bond donors (Lipinski definition) is 2. The number of hydrogen-bond acceptors (Lipinski definition) is 3. The van der Waals surface area contributed by atoms with Crippen molar-refractivity contribution in [2.24, 2.45) is 4.99 Å². The molecule has 1 aromatic heterocycles. The maximum Gasteiger partial charge on any atom is 0.191 e. The Kier molecular flexibility index (Phi) is 7.10. The highest BCUT2D eigenvalue weighted by atomic mass is 32.1. The van der Waals surface area contributed by atoms with E-state index < -0.39 is 0 Å². The fourth-order valence-corrected chi connectivity index (χ4v) is 3.11. The monoisotopic (exact) mass is 331 g/mol. The zero-order valence-corrected chi connectivity index (χ0v) is 14.8. The van der Waals surface area contributed by atoms with Crippen molar-refractivity contribution in [3.05, 3.63) is 57.8 Å². The zero-order chi connectivity index (χ0) is 16.5. The van der Waals surface area contributed by atoms with Crippen molar-refractivity contribution in [1.29, 1.82) is 0 Å². The lowest BCUT2D eigenvalue weighted by molar-refractivity contribution is 0.185. The first-order chi connectivity index (χ1) is 11.2. The first-order valence-corrected chi connectivity index (χ1v) is 8.70. The molecule has 2 rings (SSSR count). The average Bonchev–Trinajstić information content (AvgIpc) is 3.10. The van der Waals surface area contributed by atoms with E-state index in [0.717, 1.165) is 19.0 Å². The molecule has 0 aliphatic rings. The number of ether oxygens (including phenoxy) is 1. The summed E-state index contributed by atoms with van der Waals surface area (Å²) in [5.74, 6) is 1.29. The number of methoxy groups -OCH3 is 1. The van der Waals surface area contributed by atoms with Gasteiger partial charge in [-0.25, -0.2) is 0 Å². The molecule has 0 bridgehead atoms. The standard InChI is InChI=1S/C18H25N3OS/c1-14(17-7-8-23-13-17)10-20-18(19-2)21-11-15-5-4-6-16(9-15)12-22-3/h4-9,13-14H,10-12H2,1-3H3,(H2,19,20,21). The van der Waals surface area contributed by atoms with Crippen LogP contribution >= 0.6 is 11.3 Å². The maximum atomic E-state index is 5.17. The van der Waals surface area contributed by atoms with E-state index in [2.05, 4.69) is 63.6 Å². The molecule has 4 nitrogen and oxygen atoms in total. The van der Waals surface area contributed by atoms with E-state index >= 15 is 0 Å². The predicted molar refractivity (Wildman–Crippen MR) is 98.1 cm³/mol. The quantitative estimate of drug-likeness (QED) is 0.604. The third-order valence-electron chi connectivity index (χ3n) is 3.67. The third kappa shape index (κ3) is 5.69. The van der Waals surface area contributed by atoms with Crippen molar-refractivity contribution in [2.45, 2.75) is 26.0 Å². The van der Waals surface area contributed by atoms with E-state index in [1.807, 2.05) is 0 Å². The molecule has 0 aliphatic heterocycles. The van der Waals surface area contributed by atoms with Gasteiger partial charge in [-0.05, 0) is 39.4 Å². The Labute approximate surface area is 142 Å². The fourth-order valence-electron chi connectivity index (χ4n) is 2.33. The molecule has 1 atom stereocenters. The van der Waals surface area contributed by atoms with Crippen LogP contribution in [-0.4, -0.2) is 26.7 Å². The topological polar surface area (TPSA) is 45.7 Å². The lowest BCUT2D eigenvalue weighted by atomic mass is 10.1. The molecule has 0 radical (unpaired) electrons. The Bertz CT molecular complexity index is 610. The van der Waals surface area contributed by atoms with Gasteiger partial charge in [-0.2, -0.15) is 11.3 Å². The molecule has 0 fully saturated rings. The van der Waals surface area contributed by atoms with Crippen LogP contribution in [0.15, 0.2) is 46.1 Å². The van der Waals surface area contributed by atoms with E-state index in [1.165, 1.54) is 16.7 Å². The molecule has 1 aromatic carbocycles. The van der Waals surface area contributed by atoms with Crippen molar-refractivity contribution in [3.8, 4) is 0 Å². The number of nitrogens with one attached hydrogen (secondary N) is 2. The summed E-state index contributed by atoms with van der Waals surface area (Å²) in [6.07, 6.45) is 0. The molecule has 0 saturated heterocycles. The molecule has 0 spiro atoms. The lowest BCUT2D eigenvalue weighted by Gasteiger charge is -2.15. The summed E-state index contributed by atoms with van der Waals surface area (Å²) in [5, 5.41) is 11.1. The van der Waals surface area contributed by atoms with Crippen LogP contribution in [0, 0.1) is 0 Å². The van der Waals surface area contributed by atoms with Crippen LogP contribution in [0.4, 0.5) is 0 Å². The predicted octanol–water partition coefficient (Wildman–Crippen LogP) is 3.36. The van der Waals surface area contributed by atoms with Crippen LogP contribution in [0.2, 0.25) is 0 Å². The smallest absolute Gasteiger partial charge is 0.191 e. The molecule has 2 aromatic rings. The van der Waals surface area contributed by atoms with Crippen molar-refractivity contribution in [3.63, 3.8) is 0 Å². The summed E-state index contributed by atoms with van der Waals surface area (Å²) in [4.78, 5) is 4.29. The Hall–Kier alpha value is -1.85. The summed E-state index contributed by atoms with van der Waals surface area (Å²) < 4.78 is 5.17. The SMILES string of the molecule is CN=C(NCc1cccc(COC)c1)NCC(C)c1ccsc1. The molecule has 0 amide bonds. The van der Waals surface area contributed by atoms with Crippen molar-refractivity contribution in [2.75, 3.05) is 20.7 Å². The van der Waals surface area contributed by atoms with Gasteiger partial charge >= 0.3 is 0 Å². The van der Waals surface area contributed by atoms with Gasteiger partial charge in [0.1, 0.15) is 0 Å². The van der Waals surface area contributed by atoms with Crippen molar-refractivity contribution in [1.82, 2.24) is 10.6 Å². The third-order valence-corrected chi connectivity index (χ3v) is 4.38. The van der Waals surface area contributed by atoms with Gasteiger partial charge in [-0.1, -0.05) is 31.2 Å². The zero-order valence-electron chi connectivity index (χ0n) is 14.0. The summed E-state index contributed by atoms with van der Waals surface area (Å²) >= 11 is 1.74. The number of benzene rings is 1. The molecule has 124 valence electrons. The van der Waals surface area contributed by atoms with Crippen LogP contribution in [-0.2, 0) is 17.9 Å². The van der Waals surface area contributed by atoms with E-state index in [1.54, 1.807) is 25.5 Å². The molecule has 0 aliphatic carbocycles. The summed E-state index contributed by atoms with van der Waals surface area (Å²) in [7, 11) is 3.51. The normalized spacial score (nSPS) is 12.9. The van der Waals surface area contributed by atoms with Crippen LogP contribution in [0.5, 0.6) is 0 Å². The van der Waals surface area contributed by atoms with Gasteiger partial charge in [-0.15, -0.1) is 0 Å². The summed E-state index contributed by atoms with van der Waals surface area (Å²) in [6.45, 7) is 4.46. The number of guanidine groups is 1. The van der Waals surface area contributed by atoms with Crippen molar-refractivity contribution >= 4 is 17.3 Å². The van der Waals surface area contributed by atoms with Gasteiger partial charge in [0.2, 0.25) is 0 Å². The molecule has 1 unspecified atom stereocenters. The minimum Gasteiger partial charge on any atom is -0.380 e. The molecular weight excluding hydrogens is 306 g/mol. The Morgan fingerprint density at radius 3 is 2.78 bits per heavy atom. The average molecular weight is 331 g/mol. The van der Waals surface area contributed by atoms with E-state index in [4.69, 9.17) is 4.74 Å². The van der Waals surface area contributed by atoms with Gasteiger partial charge in [0.15, 0.2) is 5.96 Å². The molecular formula is C18H25N3OS. The molecule has 0 saturated carbocycles. The minimum atomic E-state index is 0.463. The first kappa shape index (κ1) is 17.5. The number of aliphatic imine (C=N–C) groups is 1. The van der Waals surface area contributed by atoms with Gasteiger partial charge < -0.3 is 15.4 Å². The first-order valence-electron chi connectivity index (χ1n) is 7.76. The van der Waals surface area contributed by atoms with E-state index in [0.29, 0.717) is 12.5 Å². The molecule has 23 heavy (non-hydrogen) atoms. The van der Waals surface area contributed by atoms with Crippen LogP contribution in [0.25, 0.3) is 0 Å². The highest BCUT2D eigenvalue weighted by Gasteiger charge is 2.07. The minimum absolute atomic E-state index is 0.463. The van der Waals surface area contributed by atoms with Crippen LogP contribution < -0.4 is 10.6 Å². The summed E-state index contributed by atoms with van der Waals surface area (Å²) in [6, 6.07) is 10.6. The second kappa shape index (κ2) is 9.33. The van der Waals surface area contributed by atoms with Crippen LogP contribution in [0.3, 0.4) is 0 Å². The Morgan fingerprint density at radius 1 is 1.26 bits per heavy atom. The highest BCUT2D eigenvalue weighted by molar-refractivity contribution is 7.07. The Morgan fingerprint density at radius 2 is 2.09 bits per heavy atom. The number of rotatable bonds is 7. The number of nitrogens with zero attached hydrogens (tertiary/aromatic N) is 1. The van der Waals surface area contributed by atoms with E-state index in [-0.39, 0.29) is 0 Å². The lowest BCUT2D eigenvalue weighted by Crippen LogP contribution is -2.38. The van der Waals surface area contributed by atoms with Crippen LogP contribution in [0.1, 0.15) is 29.5 Å². The molecule has 5 heteroatoms. The van der Waals surface area contributed by atoms with Crippen molar-refractivity contribution < 1.29 is 4.74 Å². The fraction of sp³-hybridized carbons (Fsp3) is 0.389.